The van der Waals surface area contributed by atoms with E-state index in [1.165, 1.54) is 31.3 Å². The van der Waals surface area contributed by atoms with Crippen molar-refractivity contribution in [2.45, 2.75) is 0 Å². The van der Waals surface area contributed by atoms with Crippen molar-refractivity contribution in [3.05, 3.63) is 237 Å². The molecule has 0 bridgehead atoms. The van der Waals surface area contributed by atoms with Crippen LogP contribution in [-0.4, -0.2) is 15.0 Å². The average molecular weight is 886 g/mol. The fourth-order valence-electron chi connectivity index (χ4n) is 9.65. The maximum Gasteiger partial charge on any atom is 0.164 e. The van der Waals surface area contributed by atoms with Gasteiger partial charge in [0.1, 0.15) is 11.2 Å². The Morgan fingerprint density at radius 1 is 0.265 bits per heavy atom. The van der Waals surface area contributed by atoms with Crippen LogP contribution in [0.5, 0.6) is 0 Å². The van der Waals surface area contributed by atoms with Gasteiger partial charge in [0, 0.05) is 47.6 Å². The van der Waals surface area contributed by atoms with Gasteiger partial charge in [0.2, 0.25) is 0 Å². The van der Waals surface area contributed by atoms with Crippen LogP contribution in [0, 0.1) is 0 Å². The number of hydrogen-bond acceptors (Lipinski definition) is 5. The zero-order valence-electron chi connectivity index (χ0n) is 36.7. The third-order valence-corrected chi connectivity index (χ3v) is 14.2. The van der Waals surface area contributed by atoms with Crippen LogP contribution >= 0.6 is 11.3 Å². The number of hydrogen-bond donors (Lipinski definition) is 0. The van der Waals surface area contributed by atoms with E-state index in [2.05, 4.69) is 212 Å². The monoisotopic (exact) mass is 885 g/mol. The lowest BCUT2D eigenvalue weighted by molar-refractivity contribution is 0.669. The van der Waals surface area contributed by atoms with E-state index in [-0.39, 0.29) is 0 Å². The summed E-state index contributed by atoms with van der Waals surface area (Å²) in [5.74, 6) is 1.74. The number of benzene rings is 10. The van der Waals surface area contributed by atoms with Crippen LogP contribution in [0.1, 0.15) is 0 Å². The SMILES string of the molecule is c1ccc(-c2cccc(-c3nc(-c4cc(-c5ccccc5)cc(-c5cccc6c5sc5c(-c7ccccc7)cccc56)c4)nc(-c4cccc5oc6ccc(-c7ccccc7)cc6c45)n3)c2)cc1. The molecule has 318 valence electrons. The van der Waals surface area contributed by atoms with Gasteiger partial charge >= 0.3 is 0 Å². The third-order valence-electron chi connectivity index (χ3n) is 12.9. The Balaban J connectivity index is 1.05. The highest BCUT2D eigenvalue weighted by molar-refractivity contribution is 7.26. The fourth-order valence-corrected chi connectivity index (χ4v) is 11.0. The predicted molar refractivity (Wildman–Crippen MR) is 283 cm³/mol. The summed E-state index contributed by atoms with van der Waals surface area (Å²) in [5.41, 5.74) is 15.6. The van der Waals surface area contributed by atoms with Gasteiger partial charge in [-0.25, -0.2) is 15.0 Å². The average Bonchev–Trinajstić information content (AvgIpc) is 4.00. The van der Waals surface area contributed by atoms with E-state index in [0.29, 0.717) is 17.5 Å². The Hall–Kier alpha value is -8.77. The molecule has 13 aromatic rings. The summed E-state index contributed by atoms with van der Waals surface area (Å²) < 4.78 is 9.07. The molecular formula is C63H39N3OS. The van der Waals surface area contributed by atoms with Gasteiger partial charge in [0.25, 0.3) is 0 Å². The van der Waals surface area contributed by atoms with E-state index >= 15 is 0 Å². The van der Waals surface area contributed by atoms with Gasteiger partial charge in [-0.1, -0.05) is 194 Å². The van der Waals surface area contributed by atoms with Gasteiger partial charge in [-0.15, -0.1) is 11.3 Å². The number of nitrogens with zero attached hydrogens (tertiary/aromatic N) is 3. The number of rotatable bonds is 8. The number of fused-ring (bicyclic) bond motifs is 6. The minimum absolute atomic E-state index is 0.570. The highest BCUT2D eigenvalue weighted by Crippen LogP contribution is 2.45. The van der Waals surface area contributed by atoms with E-state index < -0.39 is 0 Å². The number of furan rings is 1. The number of thiophene rings is 1. The minimum Gasteiger partial charge on any atom is -0.456 e. The standard InChI is InChI=1S/C63H39N3OS/c1-5-17-40(18-6-1)44-25-13-26-46(35-44)61-64-62(66-63(65-61)54-31-16-32-57-58(54)55-39-45(33-34-56(55)67-57)41-19-7-2-8-20-41)49-37-47(42-21-9-3-10-22-42)36-48(38-49)51-28-15-30-53-52-29-14-27-50(59(52)68-60(51)53)43-23-11-4-12-24-43/h1-39H. The summed E-state index contributed by atoms with van der Waals surface area (Å²) in [6.07, 6.45) is 0. The molecule has 0 aliphatic rings. The van der Waals surface area contributed by atoms with Crippen molar-refractivity contribution < 1.29 is 4.42 Å². The first-order chi connectivity index (χ1) is 33.7. The predicted octanol–water partition coefficient (Wildman–Crippen LogP) is 17.5. The topological polar surface area (TPSA) is 51.8 Å². The van der Waals surface area contributed by atoms with Crippen LogP contribution in [0.2, 0.25) is 0 Å². The van der Waals surface area contributed by atoms with Gasteiger partial charge in [-0.2, -0.15) is 0 Å². The van der Waals surface area contributed by atoms with Gasteiger partial charge in [-0.05, 0) is 98.1 Å². The van der Waals surface area contributed by atoms with Crippen LogP contribution < -0.4 is 0 Å². The molecular weight excluding hydrogens is 847 g/mol. The number of aromatic nitrogens is 3. The lowest BCUT2D eigenvalue weighted by atomic mass is 9.94. The second-order valence-corrected chi connectivity index (χ2v) is 18.1. The Morgan fingerprint density at radius 3 is 1.38 bits per heavy atom. The molecule has 10 aromatic carbocycles. The first kappa shape index (κ1) is 39.6. The second kappa shape index (κ2) is 16.6. The highest BCUT2D eigenvalue weighted by atomic mass is 32.1. The molecule has 0 amide bonds. The molecule has 68 heavy (non-hydrogen) atoms. The summed E-state index contributed by atoms with van der Waals surface area (Å²) in [4.78, 5) is 16.2. The summed E-state index contributed by atoms with van der Waals surface area (Å²) >= 11 is 1.86. The zero-order chi connectivity index (χ0) is 45.0. The first-order valence-electron chi connectivity index (χ1n) is 22.8. The maximum absolute atomic E-state index is 6.55. The summed E-state index contributed by atoms with van der Waals surface area (Å²) in [7, 11) is 0. The van der Waals surface area contributed by atoms with Crippen molar-refractivity contribution in [1.29, 1.82) is 0 Å². The van der Waals surface area contributed by atoms with Gasteiger partial charge in [0.15, 0.2) is 17.5 Å². The van der Waals surface area contributed by atoms with E-state index in [1.54, 1.807) is 0 Å². The van der Waals surface area contributed by atoms with Crippen LogP contribution in [0.4, 0.5) is 0 Å². The van der Waals surface area contributed by atoms with Gasteiger partial charge < -0.3 is 4.42 Å². The smallest absolute Gasteiger partial charge is 0.164 e. The molecule has 0 radical (unpaired) electrons. The van der Waals surface area contributed by atoms with Crippen LogP contribution in [0.3, 0.4) is 0 Å². The van der Waals surface area contributed by atoms with E-state index in [9.17, 15) is 0 Å². The quantitative estimate of drug-likeness (QED) is 0.153. The van der Waals surface area contributed by atoms with Crippen LogP contribution in [-0.2, 0) is 0 Å². The van der Waals surface area contributed by atoms with Crippen molar-refractivity contribution in [2.24, 2.45) is 0 Å². The largest absolute Gasteiger partial charge is 0.456 e. The third kappa shape index (κ3) is 7.05. The van der Waals surface area contributed by atoms with E-state index in [0.717, 1.165) is 83.1 Å². The molecule has 0 atom stereocenters. The molecule has 13 rings (SSSR count). The van der Waals surface area contributed by atoms with Crippen molar-refractivity contribution in [1.82, 2.24) is 15.0 Å². The Morgan fingerprint density at radius 2 is 0.721 bits per heavy atom. The van der Waals surface area contributed by atoms with E-state index in [4.69, 9.17) is 19.4 Å². The van der Waals surface area contributed by atoms with Crippen molar-refractivity contribution in [2.75, 3.05) is 0 Å². The first-order valence-corrected chi connectivity index (χ1v) is 23.6. The second-order valence-electron chi connectivity index (χ2n) is 17.1. The Bertz CT molecular complexity index is 4010. The van der Waals surface area contributed by atoms with Gasteiger partial charge in [0.05, 0.1) is 0 Å². The Kier molecular flexibility index (Phi) is 9.66. The molecule has 0 aliphatic heterocycles. The molecule has 5 heteroatoms. The summed E-state index contributed by atoms with van der Waals surface area (Å²) in [6.45, 7) is 0. The molecule has 0 N–H and O–H groups in total. The van der Waals surface area contributed by atoms with Gasteiger partial charge in [-0.3, -0.25) is 0 Å². The molecule has 3 heterocycles. The molecule has 3 aromatic heterocycles. The Labute approximate surface area is 397 Å². The highest BCUT2D eigenvalue weighted by Gasteiger charge is 2.21. The van der Waals surface area contributed by atoms with Crippen molar-refractivity contribution in [3.63, 3.8) is 0 Å². The molecule has 0 aliphatic carbocycles. The molecule has 0 unspecified atom stereocenters. The van der Waals surface area contributed by atoms with Crippen LogP contribution in [0.25, 0.3) is 132 Å². The lowest BCUT2D eigenvalue weighted by Crippen LogP contribution is -2.01. The molecule has 0 saturated carbocycles. The molecule has 0 saturated heterocycles. The maximum atomic E-state index is 6.55. The fraction of sp³-hybridized carbons (Fsp3) is 0. The minimum atomic E-state index is 0.570. The summed E-state index contributed by atoms with van der Waals surface area (Å²) in [5, 5.41) is 4.47. The molecule has 0 spiro atoms. The zero-order valence-corrected chi connectivity index (χ0v) is 37.5. The van der Waals surface area contributed by atoms with E-state index in [1.807, 2.05) is 35.6 Å². The summed E-state index contributed by atoms with van der Waals surface area (Å²) in [6, 6.07) is 83.4. The van der Waals surface area contributed by atoms with Crippen molar-refractivity contribution >= 4 is 53.4 Å². The molecule has 4 nitrogen and oxygen atoms in total. The normalized spacial score (nSPS) is 11.5. The van der Waals surface area contributed by atoms with Crippen molar-refractivity contribution in [3.8, 4) is 89.8 Å². The lowest BCUT2D eigenvalue weighted by Gasteiger charge is -2.13. The molecule has 0 fully saturated rings. The van der Waals surface area contributed by atoms with Crippen LogP contribution in [0.15, 0.2) is 241 Å².